The van der Waals surface area contributed by atoms with Gasteiger partial charge in [0.15, 0.2) is 0 Å². The second kappa shape index (κ2) is 5.50. The lowest BCUT2D eigenvalue weighted by Gasteiger charge is -2.18. The summed E-state index contributed by atoms with van der Waals surface area (Å²) in [4.78, 5) is 7.82. The molecule has 1 aromatic heterocycles. The van der Waals surface area contributed by atoms with Crippen LogP contribution >= 0.6 is 0 Å². The number of rotatable bonds is 5. The van der Waals surface area contributed by atoms with Crippen LogP contribution in [0, 0.1) is 5.92 Å². The molecule has 1 heterocycles. The van der Waals surface area contributed by atoms with Gasteiger partial charge in [-0.3, -0.25) is 0 Å². The highest BCUT2D eigenvalue weighted by molar-refractivity contribution is 5.43. The van der Waals surface area contributed by atoms with E-state index in [1.165, 1.54) is 6.33 Å². The standard InChI is InChI=1S/C10H18N4O/c1-7(2)3-8(5-15)14-10-4-9(11)12-6-13-10/h4,6-8,15H,3,5H2,1-2H3,(H3,11,12,13,14). The van der Waals surface area contributed by atoms with Crippen LogP contribution in [-0.4, -0.2) is 27.7 Å². The molecule has 0 amide bonds. The second-order valence-corrected chi connectivity index (χ2v) is 3.98. The highest BCUT2D eigenvalue weighted by Gasteiger charge is 2.10. The van der Waals surface area contributed by atoms with E-state index in [4.69, 9.17) is 10.8 Å². The number of aromatic nitrogens is 2. The van der Waals surface area contributed by atoms with Crippen molar-refractivity contribution in [2.24, 2.45) is 5.92 Å². The topological polar surface area (TPSA) is 84.1 Å². The molecule has 0 aliphatic rings. The van der Waals surface area contributed by atoms with Gasteiger partial charge in [0.1, 0.15) is 18.0 Å². The smallest absolute Gasteiger partial charge is 0.131 e. The Bertz CT molecular complexity index is 303. The molecule has 15 heavy (non-hydrogen) atoms. The molecule has 0 saturated heterocycles. The second-order valence-electron chi connectivity index (χ2n) is 3.98. The SMILES string of the molecule is CC(C)CC(CO)Nc1cc(N)ncn1. The lowest BCUT2D eigenvalue weighted by atomic mass is 10.0. The van der Waals surface area contributed by atoms with Crippen molar-refractivity contribution >= 4 is 11.6 Å². The van der Waals surface area contributed by atoms with Gasteiger partial charge in [-0.2, -0.15) is 0 Å². The Kier molecular flexibility index (Phi) is 4.30. The molecule has 0 radical (unpaired) electrons. The summed E-state index contributed by atoms with van der Waals surface area (Å²) in [6.45, 7) is 4.31. The Morgan fingerprint density at radius 2 is 2.20 bits per heavy atom. The molecule has 1 aromatic rings. The molecule has 84 valence electrons. The molecular formula is C10H18N4O. The van der Waals surface area contributed by atoms with Crippen LogP contribution in [0.15, 0.2) is 12.4 Å². The third-order valence-electron chi connectivity index (χ3n) is 2.02. The van der Waals surface area contributed by atoms with Gasteiger partial charge in [-0.05, 0) is 12.3 Å². The number of hydrogen-bond donors (Lipinski definition) is 3. The zero-order chi connectivity index (χ0) is 11.3. The van der Waals surface area contributed by atoms with Gasteiger partial charge in [0.25, 0.3) is 0 Å². The normalized spacial score (nSPS) is 12.8. The van der Waals surface area contributed by atoms with Gasteiger partial charge in [-0.15, -0.1) is 0 Å². The fourth-order valence-corrected chi connectivity index (χ4v) is 1.41. The molecule has 5 heteroatoms. The van der Waals surface area contributed by atoms with Crippen molar-refractivity contribution in [3.05, 3.63) is 12.4 Å². The third kappa shape index (κ3) is 4.12. The van der Waals surface area contributed by atoms with Crippen LogP contribution in [0.5, 0.6) is 0 Å². The molecule has 0 spiro atoms. The summed E-state index contributed by atoms with van der Waals surface area (Å²) in [6, 6.07) is 1.67. The average molecular weight is 210 g/mol. The molecule has 1 rings (SSSR count). The van der Waals surface area contributed by atoms with Gasteiger partial charge in [-0.1, -0.05) is 13.8 Å². The number of nitrogens with two attached hydrogens (primary N) is 1. The zero-order valence-corrected chi connectivity index (χ0v) is 9.14. The van der Waals surface area contributed by atoms with E-state index < -0.39 is 0 Å². The molecule has 0 aliphatic heterocycles. The summed E-state index contributed by atoms with van der Waals surface area (Å²) < 4.78 is 0. The molecule has 0 fully saturated rings. The van der Waals surface area contributed by atoms with E-state index >= 15 is 0 Å². The van der Waals surface area contributed by atoms with Crippen molar-refractivity contribution in [3.63, 3.8) is 0 Å². The number of nitrogens with zero attached hydrogens (tertiary/aromatic N) is 2. The number of nitrogens with one attached hydrogen (secondary N) is 1. The van der Waals surface area contributed by atoms with E-state index in [1.54, 1.807) is 6.07 Å². The third-order valence-corrected chi connectivity index (χ3v) is 2.02. The van der Waals surface area contributed by atoms with E-state index in [9.17, 15) is 0 Å². The first-order valence-corrected chi connectivity index (χ1v) is 5.06. The van der Waals surface area contributed by atoms with Crippen LogP contribution < -0.4 is 11.1 Å². The summed E-state index contributed by atoms with van der Waals surface area (Å²) in [6.07, 6.45) is 2.29. The lowest BCUT2D eigenvalue weighted by molar-refractivity contribution is 0.259. The Morgan fingerprint density at radius 1 is 1.47 bits per heavy atom. The molecule has 0 aliphatic carbocycles. The maximum atomic E-state index is 9.17. The van der Waals surface area contributed by atoms with Crippen molar-refractivity contribution < 1.29 is 5.11 Å². The van der Waals surface area contributed by atoms with Crippen LogP contribution in [0.2, 0.25) is 0 Å². The molecule has 0 saturated carbocycles. The van der Waals surface area contributed by atoms with E-state index in [-0.39, 0.29) is 12.6 Å². The Hall–Kier alpha value is -1.36. The van der Waals surface area contributed by atoms with Crippen molar-refractivity contribution in [1.29, 1.82) is 0 Å². The minimum atomic E-state index is 0.0132. The number of aliphatic hydroxyl groups excluding tert-OH is 1. The summed E-state index contributed by atoms with van der Waals surface area (Å²) >= 11 is 0. The van der Waals surface area contributed by atoms with Crippen LogP contribution in [0.25, 0.3) is 0 Å². The molecule has 4 N–H and O–H groups in total. The largest absolute Gasteiger partial charge is 0.394 e. The van der Waals surface area contributed by atoms with Gasteiger partial charge in [-0.25, -0.2) is 9.97 Å². The maximum absolute atomic E-state index is 9.17. The number of anilines is 2. The zero-order valence-electron chi connectivity index (χ0n) is 9.14. The highest BCUT2D eigenvalue weighted by atomic mass is 16.3. The average Bonchev–Trinajstić information content (AvgIpc) is 2.16. The van der Waals surface area contributed by atoms with Crippen LogP contribution in [0.4, 0.5) is 11.6 Å². The lowest BCUT2D eigenvalue weighted by Crippen LogP contribution is -2.26. The summed E-state index contributed by atoms with van der Waals surface area (Å²) in [5, 5.41) is 12.3. The van der Waals surface area contributed by atoms with Crippen molar-refractivity contribution in [1.82, 2.24) is 9.97 Å². The molecule has 0 bridgehead atoms. The maximum Gasteiger partial charge on any atom is 0.131 e. The van der Waals surface area contributed by atoms with Gasteiger partial charge in [0.05, 0.1) is 12.6 Å². The van der Waals surface area contributed by atoms with E-state index in [0.29, 0.717) is 17.6 Å². The summed E-state index contributed by atoms with van der Waals surface area (Å²) in [5.41, 5.74) is 5.52. The van der Waals surface area contributed by atoms with Gasteiger partial charge >= 0.3 is 0 Å². The van der Waals surface area contributed by atoms with Crippen LogP contribution in [0.3, 0.4) is 0 Å². The van der Waals surface area contributed by atoms with Gasteiger partial charge < -0.3 is 16.2 Å². The van der Waals surface area contributed by atoms with E-state index in [0.717, 1.165) is 6.42 Å². The molecular weight excluding hydrogens is 192 g/mol. The van der Waals surface area contributed by atoms with Crippen molar-refractivity contribution in [2.75, 3.05) is 17.7 Å². The molecule has 0 aromatic carbocycles. The van der Waals surface area contributed by atoms with Gasteiger partial charge in [0, 0.05) is 6.07 Å². The molecule has 1 atom stereocenters. The highest BCUT2D eigenvalue weighted by Crippen LogP contribution is 2.11. The number of nitrogen functional groups attached to an aromatic ring is 1. The monoisotopic (exact) mass is 210 g/mol. The minimum absolute atomic E-state index is 0.0132. The quantitative estimate of drug-likeness (QED) is 0.671. The predicted molar refractivity (Wildman–Crippen MR) is 60.4 cm³/mol. The van der Waals surface area contributed by atoms with Gasteiger partial charge in [0.2, 0.25) is 0 Å². The van der Waals surface area contributed by atoms with E-state index in [2.05, 4.69) is 29.1 Å². The summed E-state index contributed by atoms with van der Waals surface area (Å²) in [5.74, 6) is 1.60. The Morgan fingerprint density at radius 3 is 2.73 bits per heavy atom. The Balaban J connectivity index is 2.58. The number of hydrogen-bond acceptors (Lipinski definition) is 5. The first-order chi connectivity index (χ1) is 7.11. The first-order valence-electron chi connectivity index (χ1n) is 5.06. The fourth-order valence-electron chi connectivity index (χ4n) is 1.41. The van der Waals surface area contributed by atoms with E-state index in [1.807, 2.05) is 0 Å². The Labute approximate surface area is 89.7 Å². The van der Waals surface area contributed by atoms with Crippen LogP contribution in [-0.2, 0) is 0 Å². The summed E-state index contributed by atoms with van der Waals surface area (Å²) in [7, 11) is 0. The first kappa shape index (κ1) is 11.7. The van der Waals surface area contributed by atoms with Crippen molar-refractivity contribution in [3.8, 4) is 0 Å². The molecule has 5 nitrogen and oxygen atoms in total. The fraction of sp³-hybridized carbons (Fsp3) is 0.600. The number of aliphatic hydroxyl groups is 1. The van der Waals surface area contributed by atoms with Crippen molar-refractivity contribution in [2.45, 2.75) is 26.3 Å². The van der Waals surface area contributed by atoms with Crippen LogP contribution in [0.1, 0.15) is 20.3 Å². The predicted octanol–water partition coefficient (Wildman–Crippen LogP) is 0.878. The minimum Gasteiger partial charge on any atom is -0.394 e. The molecule has 1 unspecified atom stereocenters.